The van der Waals surface area contributed by atoms with Gasteiger partial charge in [0.15, 0.2) is 0 Å². The monoisotopic (exact) mass is 456 g/mol. The summed E-state index contributed by atoms with van der Waals surface area (Å²) in [6, 6.07) is 7.32. The second-order valence-electron chi connectivity index (χ2n) is 8.75. The Balaban J connectivity index is 1.45. The van der Waals surface area contributed by atoms with E-state index in [1.54, 1.807) is 23.2 Å². The van der Waals surface area contributed by atoms with Crippen molar-refractivity contribution < 1.29 is 14.3 Å². The first-order valence-corrected chi connectivity index (χ1v) is 11.6. The summed E-state index contributed by atoms with van der Waals surface area (Å²) in [6.07, 6.45) is 9.71. The summed E-state index contributed by atoms with van der Waals surface area (Å²) in [6.45, 7) is 3.20. The van der Waals surface area contributed by atoms with E-state index in [2.05, 4.69) is 9.97 Å². The lowest BCUT2D eigenvalue weighted by Gasteiger charge is -2.42. The van der Waals surface area contributed by atoms with E-state index < -0.39 is 0 Å². The van der Waals surface area contributed by atoms with Crippen molar-refractivity contribution in [3.63, 3.8) is 0 Å². The molecule has 0 atom stereocenters. The number of carbonyl (C=O) groups is 2. The van der Waals surface area contributed by atoms with E-state index in [0.29, 0.717) is 55.4 Å². The lowest BCUT2D eigenvalue weighted by molar-refractivity contribution is -0.136. The maximum atomic E-state index is 13.1. The Hall–Kier alpha value is -2.67. The van der Waals surface area contributed by atoms with Gasteiger partial charge in [-0.25, -0.2) is 4.98 Å². The number of nitrogens with zero attached hydrogens (tertiary/aromatic N) is 4. The largest absolute Gasteiger partial charge is 0.493 e. The zero-order valence-corrected chi connectivity index (χ0v) is 19.0. The number of hydrogen-bond acceptors (Lipinski definition) is 5. The fraction of sp³-hybridized carbons (Fsp3) is 0.500. The molecule has 2 aliphatic rings. The highest BCUT2D eigenvalue weighted by atomic mass is 35.5. The first kappa shape index (κ1) is 22.5. The molecule has 0 radical (unpaired) electrons. The van der Waals surface area contributed by atoms with Crippen LogP contribution in [0.1, 0.15) is 49.0 Å². The fourth-order valence-electron chi connectivity index (χ4n) is 4.50. The molecule has 2 fully saturated rings. The number of hydrogen-bond donors (Lipinski definition) is 0. The van der Waals surface area contributed by atoms with Gasteiger partial charge in [0.25, 0.3) is 5.91 Å². The molecule has 3 heterocycles. The number of ether oxygens (including phenoxy) is 1. The Labute approximate surface area is 193 Å². The highest BCUT2D eigenvalue weighted by Gasteiger charge is 2.40. The maximum absolute atomic E-state index is 13.1. The first-order valence-electron chi connectivity index (χ1n) is 11.3. The van der Waals surface area contributed by atoms with Gasteiger partial charge in [0.2, 0.25) is 5.91 Å². The summed E-state index contributed by atoms with van der Waals surface area (Å²) in [5, 5.41) is 0.616. The van der Waals surface area contributed by atoms with Gasteiger partial charge in [0, 0.05) is 55.4 Å². The zero-order chi connectivity index (χ0) is 22.4. The van der Waals surface area contributed by atoms with Crippen LogP contribution in [-0.2, 0) is 4.79 Å². The molecule has 0 saturated carbocycles. The number of benzene rings is 1. The van der Waals surface area contributed by atoms with Crippen molar-refractivity contribution in [3.05, 3.63) is 53.6 Å². The van der Waals surface area contributed by atoms with Gasteiger partial charge in [-0.2, -0.15) is 0 Å². The van der Waals surface area contributed by atoms with Crippen molar-refractivity contribution in [2.45, 2.75) is 38.5 Å². The maximum Gasteiger partial charge on any atom is 0.274 e. The normalized spacial score (nSPS) is 18.3. The van der Waals surface area contributed by atoms with Gasteiger partial charge in [0.05, 0.1) is 12.8 Å². The molecule has 170 valence electrons. The number of piperidine rings is 2. The van der Waals surface area contributed by atoms with Gasteiger partial charge in [-0.15, -0.1) is 0 Å². The van der Waals surface area contributed by atoms with Crippen molar-refractivity contribution in [2.75, 3.05) is 32.8 Å². The Morgan fingerprint density at radius 2 is 1.81 bits per heavy atom. The molecule has 0 unspecified atom stereocenters. The minimum absolute atomic E-state index is 0.121. The predicted molar refractivity (Wildman–Crippen MR) is 122 cm³/mol. The summed E-state index contributed by atoms with van der Waals surface area (Å²) in [5.74, 6) is 0.762. The third-order valence-electron chi connectivity index (χ3n) is 6.47. The van der Waals surface area contributed by atoms with E-state index in [9.17, 15) is 9.59 Å². The quantitative estimate of drug-likeness (QED) is 0.660. The summed E-state index contributed by atoms with van der Waals surface area (Å²) >= 11 is 6.10. The van der Waals surface area contributed by atoms with E-state index >= 15 is 0 Å². The summed E-state index contributed by atoms with van der Waals surface area (Å²) < 4.78 is 6.12. The van der Waals surface area contributed by atoms with Crippen LogP contribution < -0.4 is 4.74 Å². The number of likely N-dealkylation sites (tertiary alicyclic amines) is 2. The topological polar surface area (TPSA) is 75.6 Å². The van der Waals surface area contributed by atoms with Crippen molar-refractivity contribution in [2.24, 2.45) is 5.41 Å². The summed E-state index contributed by atoms with van der Waals surface area (Å²) in [5.41, 5.74) is 0.0234. The number of aromatic nitrogens is 2. The minimum Gasteiger partial charge on any atom is -0.493 e. The van der Waals surface area contributed by atoms with Gasteiger partial charge in [-0.3, -0.25) is 14.6 Å². The molecule has 0 spiro atoms. The van der Waals surface area contributed by atoms with Gasteiger partial charge in [0.1, 0.15) is 11.4 Å². The standard InChI is InChI=1S/C24H29ClN4O3/c25-19-5-4-6-20(15-19)32-18-24(16-22(30)28-11-2-1-3-12-28)7-13-29(14-8-24)23(31)21-17-26-9-10-27-21/h4-6,9-10,15,17H,1-3,7-8,11-14,16,18H2. The highest BCUT2D eigenvalue weighted by Crippen LogP contribution is 2.37. The van der Waals surface area contributed by atoms with Crippen LogP contribution in [0.5, 0.6) is 5.75 Å². The second kappa shape index (κ2) is 10.3. The van der Waals surface area contributed by atoms with Crippen molar-refractivity contribution in [3.8, 4) is 5.75 Å². The second-order valence-corrected chi connectivity index (χ2v) is 9.18. The van der Waals surface area contributed by atoms with Crippen molar-refractivity contribution in [1.82, 2.24) is 19.8 Å². The van der Waals surface area contributed by atoms with E-state index in [4.69, 9.17) is 16.3 Å². The third-order valence-corrected chi connectivity index (χ3v) is 6.70. The molecule has 2 saturated heterocycles. The molecule has 32 heavy (non-hydrogen) atoms. The van der Waals surface area contributed by atoms with Gasteiger partial charge >= 0.3 is 0 Å². The number of carbonyl (C=O) groups excluding carboxylic acids is 2. The van der Waals surface area contributed by atoms with Crippen molar-refractivity contribution >= 4 is 23.4 Å². The van der Waals surface area contributed by atoms with Crippen LogP contribution in [-0.4, -0.2) is 64.4 Å². The zero-order valence-electron chi connectivity index (χ0n) is 18.2. The van der Waals surface area contributed by atoms with Gasteiger partial charge in [-0.05, 0) is 50.3 Å². The molecule has 2 aliphatic heterocycles. The SMILES string of the molecule is O=C(CC1(COc2cccc(Cl)c2)CCN(C(=O)c2cnccn2)CC1)N1CCCCC1. The molecule has 1 aromatic carbocycles. The number of rotatable bonds is 6. The van der Waals surface area contributed by atoms with Crippen LogP contribution in [0.15, 0.2) is 42.9 Å². The molecule has 4 rings (SSSR count). The molecule has 0 N–H and O–H groups in total. The lowest BCUT2D eigenvalue weighted by Crippen LogP contribution is -2.48. The summed E-state index contributed by atoms with van der Waals surface area (Å²) in [4.78, 5) is 37.8. The van der Waals surface area contributed by atoms with Gasteiger partial charge in [-0.1, -0.05) is 17.7 Å². The summed E-state index contributed by atoms with van der Waals surface area (Å²) in [7, 11) is 0. The minimum atomic E-state index is -0.323. The average Bonchev–Trinajstić information content (AvgIpc) is 2.84. The fourth-order valence-corrected chi connectivity index (χ4v) is 4.68. The Morgan fingerprint density at radius 1 is 1.03 bits per heavy atom. The van der Waals surface area contributed by atoms with Crippen LogP contribution >= 0.6 is 11.6 Å². The molecule has 2 aromatic rings. The predicted octanol–water partition coefficient (Wildman–Crippen LogP) is 3.83. The van der Waals surface area contributed by atoms with E-state index in [-0.39, 0.29) is 17.2 Å². The molecule has 0 bridgehead atoms. The molecule has 8 heteroatoms. The van der Waals surface area contributed by atoms with E-state index in [1.165, 1.54) is 18.8 Å². The Bertz CT molecular complexity index is 926. The van der Waals surface area contributed by atoms with Crippen LogP contribution in [0.4, 0.5) is 0 Å². The van der Waals surface area contributed by atoms with E-state index in [0.717, 1.165) is 25.9 Å². The molecule has 2 amide bonds. The van der Waals surface area contributed by atoms with Crippen LogP contribution in [0, 0.1) is 5.41 Å². The lowest BCUT2D eigenvalue weighted by atomic mass is 9.75. The molecule has 1 aromatic heterocycles. The smallest absolute Gasteiger partial charge is 0.274 e. The van der Waals surface area contributed by atoms with Crippen LogP contribution in [0.3, 0.4) is 0 Å². The number of halogens is 1. The highest BCUT2D eigenvalue weighted by molar-refractivity contribution is 6.30. The number of amides is 2. The molecular weight excluding hydrogens is 428 g/mol. The molecular formula is C24H29ClN4O3. The Morgan fingerprint density at radius 3 is 2.50 bits per heavy atom. The first-order chi connectivity index (χ1) is 15.5. The molecule has 0 aliphatic carbocycles. The van der Waals surface area contributed by atoms with Crippen LogP contribution in [0.2, 0.25) is 5.02 Å². The average molecular weight is 457 g/mol. The van der Waals surface area contributed by atoms with Gasteiger partial charge < -0.3 is 14.5 Å². The Kier molecular flexibility index (Phi) is 7.25. The van der Waals surface area contributed by atoms with Crippen LogP contribution in [0.25, 0.3) is 0 Å². The molecule has 7 nitrogen and oxygen atoms in total. The third kappa shape index (κ3) is 5.57. The van der Waals surface area contributed by atoms with E-state index in [1.807, 2.05) is 17.0 Å². The van der Waals surface area contributed by atoms with Crippen molar-refractivity contribution in [1.29, 1.82) is 0 Å².